The predicted octanol–water partition coefficient (Wildman–Crippen LogP) is 11.5. The van der Waals surface area contributed by atoms with Crippen LogP contribution in [0.25, 0.3) is 0 Å². The van der Waals surface area contributed by atoms with Gasteiger partial charge in [-0.3, -0.25) is 0 Å². The number of carbonyl (C=O) groups excluding carboxylic acids is 2. The number of aromatic hydroxyl groups is 1. The number of phenols is 1. The van der Waals surface area contributed by atoms with E-state index in [1.807, 2.05) is 72.8 Å². The molecule has 7 rings (SSSR count). The van der Waals surface area contributed by atoms with E-state index < -0.39 is 24.9 Å². The maximum atomic E-state index is 14.1. The van der Waals surface area contributed by atoms with Gasteiger partial charge in [-0.05, 0) is 113 Å². The van der Waals surface area contributed by atoms with Gasteiger partial charge in [-0.15, -0.1) is 0 Å². The smallest absolute Gasteiger partial charge is 0.462 e. The van der Waals surface area contributed by atoms with Crippen LogP contribution in [0.2, 0.25) is 0 Å². The molecule has 0 bridgehead atoms. The molecule has 8 nitrogen and oxygen atoms in total. The molecule has 59 heavy (non-hydrogen) atoms. The summed E-state index contributed by atoms with van der Waals surface area (Å²) in [5.74, 6) is 0.519. The van der Waals surface area contributed by atoms with Gasteiger partial charge in [0.15, 0.2) is 0 Å². The van der Waals surface area contributed by atoms with E-state index in [0.29, 0.717) is 28.3 Å². The van der Waals surface area contributed by atoms with Crippen molar-refractivity contribution in [3.05, 3.63) is 215 Å². The van der Waals surface area contributed by atoms with E-state index >= 15 is 0 Å². The molecule has 296 valence electrons. The lowest BCUT2D eigenvalue weighted by atomic mass is 9.78. The molecule has 1 unspecified atom stereocenters. The Hall–Kier alpha value is -6.89. The molecule has 0 radical (unpaired) electrons. The van der Waals surface area contributed by atoms with E-state index in [0.717, 1.165) is 22.3 Å². The van der Waals surface area contributed by atoms with Crippen LogP contribution in [0, 0.1) is 0 Å². The Labute approximate surface area is 344 Å². The maximum absolute atomic E-state index is 14.1. The molecule has 9 heteroatoms. The normalized spacial score (nSPS) is 12.5. The van der Waals surface area contributed by atoms with Gasteiger partial charge in [0.2, 0.25) is 0 Å². The molecule has 0 aliphatic rings. The monoisotopic (exact) mass is 802 g/mol. The van der Waals surface area contributed by atoms with Gasteiger partial charge in [-0.1, -0.05) is 119 Å². The summed E-state index contributed by atoms with van der Waals surface area (Å²) in [6, 6.07) is 53.0. The molecule has 0 amide bonds. The van der Waals surface area contributed by atoms with Crippen LogP contribution < -0.4 is 23.8 Å². The van der Waals surface area contributed by atoms with Crippen LogP contribution in [0.3, 0.4) is 0 Å². The van der Waals surface area contributed by atoms with Gasteiger partial charge in [0.25, 0.3) is 0 Å². The Morgan fingerprint density at radius 3 is 1.22 bits per heavy atom. The SMILES string of the molecule is CC(C)(c1ccc(O)cc1)c1ccc(OC(=O)c2cccc(C(=O)Oc3ccc(C(C)(C)c4ccc(OP(=O)(Oc5ccccc5)c5ccccc5)cc4)cc3)c2)cc1. The molecule has 0 fully saturated rings. The molecule has 0 saturated heterocycles. The summed E-state index contributed by atoms with van der Waals surface area (Å²) in [6.07, 6.45) is 0. The number of hydrogen-bond donors (Lipinski definition) is 1. The Morgan fingerprint density at radius 1 is 0.441 bits per heavy atom. The van der Waals surface area contributed by atoms with E-state index in [9.17, 15) is 19.3 Å². The minimum atomic E-state index is -3.78. The fourth-order valence-electron chi connectivity index (χ4n) is 6.62. The predicted molar refractivity (Wildman–Crippen MR) is 229 cm³/mol. The first-order chi connectivity index (χ1) is 28.3. The minimum absolute atomic E-state index is 0.197. The standard InChI is InChI=1S/C50H43O8P/c1-49(2,37-18-26-41(51)27-19-37)38-20-28-42(29-21-38)55-47(52)35-12-11-13-36(34-35)48(53)56-43-30-22-39(23-31-43)50(3,4)40-24-32-45(33-25-40)58-59(54,46-16-9-6-10-17-46)57-44-14-7-5-8-15-44/h5-34,51H,1-4H3. The number of para-hydroxylation sites is 1. The van der Waals surface area contributed by atoms with Gasteiger partial charge >= 0.3 is 19.5 Å². The number of carbonyl (C=O) groups is 2. The molecule has 7 aromatic carbocycles. The van der Waals surface area contributed by atoms with E-state index in [1.165, 1.54) is 6.07 Å². The summed E-state index contributed by atoms with van der Waals surface area (Å²) >= 11 is 0. The third-order valence-electron chi connectivity index (χ3n) is 10.3. The van der Waals surface area contributed by atoms with Crippen molar-refractivity contribution < 1.29 is 37.8 Å². The highest BCUT2D eigenvalue weighted by Gasteiger charge is 2.32. The van der Waals surface area contributed by atoms with Crippen LogP contribution in [-0.2, 0) is 15.4 Å². The van der Waals surface area contributed by atoms with Gasteiger partial charge in [-0.2, -0.15) is 0 Å². The van der Waals surface area contributed by atoms with Crippen molar-refractivity contribution in [3.8, 4) is 28.7 Å². The van der Waals surface area contributed by atoms with Crippen molar-refractivity contribution in [3.63, 3.8) is 0 Å². The van der Waals surface area contributed by atoms with Crippen molar-refractivity contribution in [1.29, 1.82) is 0 Å². The van der Waals surface area contributed by atoms with Crippen molar-refractivity contribution in [1.82, 2.24) is 0 Å². The molecular weight excluding hydrogens is 760 g/mol. The number of rotatable bonds is 13. The molecule has 0 aromatic heterocycles. The molecule has 1 atom stereocenters. The number of esters is 2. The van der Waals surface area contributed by atoms with Gasteiger partial charge in [0.05, 0.1) is 16.4 Å². The zero-order chi connectivity index (χ0) is 41.6. The minimum Gasteiger partial charge on any atom is -0.508 e. The Balaban J connectivity index is 0.978. The second kappa shape index (κ2) is 16.9. The van der Waals surface area contributed by atoms with Crippen LogP contribution in [0.15, 0.2) is 182 Å². The van der Waals surface area contributed by atoms with Gasteiger partial charge in [0, 0.05) is 10.8 Å². The Bertz CT molecular complexity index is 2590. The second-order valence-electron chi connectivity index (χ2n) is 15.1. The first kappa shape index (κ1) is 40.3. The lowest BCUT2D eigenvalue weighted by molar-refractivity contribution is 0.0734. The zero-order valence-corrected chi connectivity index (χ0v) is 34.0. The third kappa shape index (κ3) is 9.30. The van der Waals surface area contributed by atoms with Crippen molar-refractivity contribution >= 4 is 24.8 Å². The fourth-order valence-corrected chi connectivity index (χ4v) is 8.21. The third-order valence-corrected chi connectivity index (χ3v) is 12.2. The summed E-state index contributed by atoms with van der Waals surface area (Å²) < 4.78 is 37.5. The highest BCUT2D eigenvalue weighted by Crippen LogP contribution is 2.48. The highest BCUT2D eigenvalue weighted by molar-refractivity contribution is 7.63. The average Bonchev–Trinajstić information content (AvgIpc) is 3.25. The fraction of sp³-hybridized carbons (Fsp3) is 0.120. The highest BCUT2D eigenvalue weighted by atomic mass is 31.2. The number of phenolic OH excluding ortho intramolecular Hbond substituents is 1. The number of ether oxygens (including phenoxy) is 2. The zero-order valence-electron chi connectivity index (χ0n) is 33.1. The molecule has 0 heterocycles. The molecule has 7 aromatic rings. The van der Waals surface area contributed by atoms with E-state index in [4.69, 9.17) is 18.5 Å². The van der Waals surface area contributed by atoms with Crippen LogP contribution in [-0.4, -0.2) is 17.0 Å². The first-order valence-corrected chi connectivity index (χ1v) is 20.6. The van der Waals surface area contributed by atoms with Gasteiger partial charge in [0.1, 0.15) is 28.7 Å². The number of benzene rings is 7. The second-order valence-corrected chi connectivity index (χ2v) is 16.9. The molecule has 0 saturated carbocycles. The molecule has 0 aliphatic heterocycles. The summed E-state index contributed by atoms with van der Waals surface area (Å²) in [5, 5.41) is 10.1. The van der Waals surface area contributed by atoms with Crippen molar-refractivity contribution in [2.45, 2.75) is 38.5 Å². The van der Waals surface area contributed by atoms with E-state index in [1.54, 1.807) is 103 Å². The number of hydrogen-bond acceptors (Lipinski definition) is 8. The van der Waals surface area contributed by atoms with Crippen LogP contribution in [0.4, 0.5) is 0 Å². The Kier molecular flexibility index (Phi) is 11.6. The summed E-state index contributed by atoms with van der Waals surface area (Å²) in [6.45, 7) is 8.31. The summed E-state index contributed by atoms with van der Waals surface area (Å²) in [5.41, 5.74) is 3.58. The van der Waals surface area contributed by atoms with Gasteiger partial charge < -0.3 is 23.6 Å². The maximum Gasteiger partial charge on any atom is 0.462 e. The Morgan fingerprint density at radius 2 is 0.797 bits per heavy atom. The lowest BCUT2D eigenvalue weighted by Crippen LogP contribution is -2.19. The topological polar surface area (TPSA) is 108 Å². The summed E-state index contributed by atoms with van der Waals surface area (Å²) in [4.78, 5) is 26.3. The quantitative estimate of drug-likeness (QED) is 0.0697. The van der Waals surface area contributed by atoms with Crippen LogP contribution in [0.5, 0.6) is 28.7 Å². The van der Waals surface area contributed by atoms with Crippen molar-refractivity contribution in [2.75, 3.05) is 0 Å². The van der Waals surface area contributed by atoms with Gasteiger partial charge in [-0.25, -0.2) is 14.2 Å². The average molecular weight is 803 g/mol. The van der Waals surface area contributed by atoms with Crippen LogP contribution >= 0.6 is 7.60 Å². The van der Waals surface area contributed by atoms with Crippen LogP contribution in [0.1, 0.15) is 70.7 Å². The largest absolute Gasteiger partial charge is 0.508 e. The first-order valence-electron chi connectivity index (χ1n) is 19.1. The molecular formula is C50H43O8P. The molecule has 1 N–H and O–H groups in total. The molecule has 0 aliphatic carbocycles. The van der Waals surface area contributed by atoms with E-state index in [-0.39, 0.29) is 22.3 Å². The molecule has 0 spiro atoms. The summed E-state index contributed by atoms with van der Waals surface area (Å²) in [7, 11) is -3.78. The lowest BCUT2D eigenvalue weighted by Gasteiger charge is -2.27. The van der Waals surface area contributed by atoms with Crippen molar-refractivity contribution in [2.24, 2.45) is 0 Å². The van der Waals surface area contributed by atoms with E-state index in [2.05, 4.69) is 27.7 Å².